The molecule has 2 N–H and O–H groups in total. The van der Waals surface area contributed by atoms with Crippen molar-refractivity contribution < 1.29 is 9.84 Å². The summed E-state index contributed by atoms with van der Waals surface area (Å²) in [7, 11) is 0. The number of fused-ring (bicyclic) bond motifs is 3. The Labute approximate surface area is 163 Å². The number of hydrogen-bond acceptors (Lipinski definition) is 5. The third-order valence-corrected chi connectivity index (χ3v) is 6.52. The number of thiophene rings is 1. The molecule has 5 nitrogen and oxygen atoms in total. The number of ether oxygens (including phenoxy) is 1. The van der Waals surface area contributed by atoms with Crippen LogP contribution < -0.4 is 10.3 Å². The van der Waals surface area contributed by atoms with Crippen molar-refractivity contribution in [3.8, 4) is 22.9 Å². The lowest BCUT2D eigenvalue weighted by Crippen LogP contribution is -2.13. The number of phenolic OH excluding ortho intramolecular Hbond substituents is 1. The molecule has 0 aliphatic heterocycles. The monoisotopic (exact) mass is 434 g/mol. The summed E-state index contributed by atoms with van der Waals surface area (Å²) in [5.74, 6) is 1.53. The van der Waals surface area contributed by atoms with Crippen LogP contribution in [-0.2, 0) is 12.8 Å². The van der Waals surface area contributed by atoms with Gasteiger partial charge in [-0.1, -0.05) is 6.92 Å². The van der Waals surface area contributed by atoms with Crippen molar-refractivity contribution in [3.05, 3.63) is 37.4 Å². The molecule has 1 unspecified atom stereocenters. The number of aryl methyl sites for hydroxylation is 1. The van der Waals surface area contributed by atoms with E-state index in [0.29, 0.717) is 34.1 Å². The normalized spacial score (nSPS) is 16.7. The highest BCUT2D eigenvalue weighted by Crippen LogP contribution is 2.39. The number of aromatic hydroxyl groups is 1. The van der Waals surface area contributed by atoms with Crippen molar-refractivity contribution in [2.75, 3.05) is 6.61 Å². The quantitative estimate of drug-likeness (QED) is 0.629. The second-order valence-electron chi connectivity index (χ2n) is 6.68. The SMILES string of the molecule is CCOc1cc(-c2nc3sc4c(c3c(=O)[nH]2)CCC(C)C4)cc(Br)c1O. The van der Waals surface area contributed by atoms with E-state index in [2.05, 4.69) is 27.8 Å². The van der Waals surface area contributed by atoms with E-state index in [1.165, 1.54) is 10.4 Å². The largest absolute Gasteiger partial charge is 0.503 e. The second kappa shape index (κ2) is 6.70. The number of rotatable bonds is 3. The Kier molecular flexibility index (Phi) is 4.52. The van der Waals surface area contributed by atoms with Crippen LogP contribution in [0, 0.1) is 5.92 Å². The van der Waals surface area contributed by atoms with E-state index in [1.807, 2.05) is 6.92 Å². The maximum atomic E-state index is 12.8. The number of aromatic amines is 1. The number of nitrogens with zero attached hydrogens (tertiary/aromatic N) is 1. The van der Waals surface area contributed by atoms with Gasteiger partial charge in [0.2, 0.25) is 0 Å². The number of halogens is 1. The summed E-state index contributed by atoms with van der Waals surface area (Å²) in [4.78, 5) is 22.5. The molecular weight excluding hydrogens is 416 g/mol. The molecule has 7 heteroatoms. The van der Waals surface area contributed by atoms with Crippen LogP contribution in [0.25, 0.3) is 21.6 Å². The van der Waals surface area contributed by atoms with Gasteiger partial charge < -0.3 is 14.8 Å². The Morgan fingerprint density at radius 2 is 2.27 bits per heavy atom. The van der Waals surface area contributed by atoms with E-state index in [9.17, 15) is 9.90 Å². The molecule has 0 amide bonds. The molecule has 2 aromatic heterocycles. The highest BCUT2D eigenvalue weighted by Gasteiger charge is 2.23. The zero-order chi connectivity index (χ0) is 18.4. The summed E-state index contributed by atoms with van der Waals surface area (Å²) in [6.07, 6.45) is 3.08. The van der Waals surface area contributed by atoms with Gasteiger partial charge in [-0.2, -0.15) is 0 Å². The van der Waals surface area contributed by atoms with E-state index < -0.39 is 0 Å². The minimum Gasteiger partial charge on any atom is -0.503 e. The average Bonchev–Trinajstić information content (AvgIpc) is 2.96. The molecule has 1 aromatic carbocycles. The standard InChI is InChI=1S/C19H19BrN2O3S/c1-3-25-13-8-10(7-12(20)16(13)23)17-21-18(24)15-11-5-4-9(2)6-14(11)26-19(15)22-17/h7-9,23H,3-6H2,1-2H3,(H,21,22,24). The van der Waals surface area contributed by atoms with Gasteiger partial charge in [0.25, 0.3) is 5.56 Å². The molecule has 2 heterocycles. The molecule has 26 heavy (non-hydrogen) atoms. The molecule has 0 saturated carbocycles. The summed E-state index contributed by atoms with van der Waals surface area (Å²) >= 11 is 4.96. The van der Waals surface area contributed by atoms with Crippen LogP contribution in [0.5, 0.6) is 11.5 Å². The van der Waals surface area contributed by atoms with Gasteiger partial charge in [-0.05, 0) is 65.7 Å². The number of aromatic nitrogens is 2. The van der Waals surface area contributed by atoms with Crippen LogP contribution in [0.1, 0.15) is 30.7 Å². The van der Waals surface area contributed by atoms with Crippen LogP contribution in [0.4, 0.5) is 0 Å². The van der Waals surface area contributed by atoms with Crippen LogP contribution in [0.15, 0.2) is 21.4 Å². The van der Waals surface area contributed by atoms with E-state index in [0.717, 1.165) is 29.5 Å². The lowest BCUT2D eigenvalue weighted by atomic mass is 9.89. The molecule has 0 bridgehead atoms. The van der Waals surface area contributed by atoms with E-state index in [4.69, 9.17) is 9.72 Å². The van der Waals surface area contributed by atoms with Gasteiger partial charge in [-0.25, -0.2) is 4.98 Å². The first kappa shape index (κ1) is 17.5. The second-order valence-corrected chi connectivity index (χ2v) is 8.62. The van der Waals surface area contributed by atoms with Gasteiger partial charge in [0.15, 0.2) is 11.5 Å². The van der Waals surface area contributed by atoms with Gasteiger partial charge in [0.05, 0.1) is 16.5 Å². The number of hydrogen-bond donors (Lipinski definition) is 2. The summed E-state index contributed by atoms with van der Waals surface area (Å²) in [5.41, 5.74) is 1.77. The summed E-state index contributed by atoms with van der Waals surface area (Å²) in [6, 6.07) is 3.43. The first-order valence-electron chi connectivity index (χ1n) is 8.68. The van der Waals surface area contributed by atoms with Crippen molar-refractivity contribution in [1.82, 2.24) is 9.97 Å². The van der Waals surface area contributed by atoms with E-state index in [-0.39, 0.29) is 11.3 Å². The van der Waals surface area contributed by atoms with Crippen molar-refractivity contribution >= 4 is 37.5 Å². The smallest absolute Gasteiger partial charge is 0.260 e. The summed E-state index contributed by atoms with van der Waals surface area (Å²) < 4.78 is 5.98. The molecule has 0 saturated heterocycles. The van der Waals surface area contributed by atoms with Crippen LogP contribution in [0.3, 0.4) is 0 Å². The Balaban J connectivity index is 1.87. The highest BCUT2D eigenvalue weighted by atomic mass is 79.9. The topological polar surface area (TPSA) is 75.2 Å². The highest BCUT2D eigenvalue weighted by molar-refractivity contribution is 9.10. The average molecular weight is 435 g/mol. The number of H-pyrrole nitrogens is 1. The Hall–Kier alpha value is -1.86. The fraction of sp³-hybridized carbons (Fsp3) is 0.368. The fourth-order valence-electron chi connectivity index (χ4n) is 3.46. The molecule has 0 spiro atoms. The Morgan fingerprint density at radius 1 is 1.46 bits per heavy atom. The summed E-state index contributed by atoms with van der Waals surface area (Å²) in [6.45, 7) is 4.53. The van der Waals surface area contributed by atoms with E-state index in [1.54, 1.807) is 23.5 Å². The third kappa shape index (κ3) is 2.93. The minimum atomic E-state index is -0.0980. The molecule has 1 aliphatic carbocycles. The van der Waals surface area contributed by atoms with Gasteiger partial charge in [0, 0.05) is 10.4 Å². The van der Waals surface area contributed by atoms with Gasteiger partial charge >= 0.3 is 0 Å². The van der Waals surface area contributed by atoms with Crippen LogP contribution in [-0.4, -0.2) is 21.7 Å². The fourth-order valence-corrected chi connectivity index (χ4v) is 5.29. The number of nitrogens with one attached hydrogen (secondary N) is 1. The molecule has 4 rings (SSSR count). The summed E-state index contributed by atoms with van der Waals surface area (Å²) in [5, 5.41) is 10.8. The van der Waals surface area contributed by atoms with Gasteiger partial charge in [0.1, 0.15) is 10.7 Å². The van der Waals surface area contributed by atoms with Crippen molar-refractivity contribution in [1.29, 1.82) is 0 Å². The first-order valence-corrected chi connectivity index (χ1v) is 10.3. The molecule has 3 aromatic rings. The van der Waals surface area contributed by atoms with Crippen LogP contribution >= 0.6 is 27.3 Å². The van der Waals surface area contributed by atoms with Crippen molar-refractivity contribution in [2.24, 2.45) is 5.92 Å². The lowest BCUT2D eigenvalue weighted by molar-refractivity contribution is 0.317. The third-order valence-electron chi connectivity index (χ3n) is 4.77. The zero-order valence-electron chi connectivity index (χ0n) is 14.6. The molecule has 0 radical (unpaired) electrons. The zero-order valence-corrected chi connectivity index (χ0v) is 17.0. The minimum absolute atomic E-state index is 0.0413. The maximum absolute atomic E-state index is 12.8. The Bertz CT molecular complexity index is 1060. The number of benzene rings is 1. The lowest BCUT2D eigenvalue weighted by Gasteiger charge is -2.17. The molecule has 1 atom stereocenters. The van der Waals surface area contributed by atoms with Gasteiger partial charge in [-0.3, -0.25) is 4.79 Å². The molecule has 136 valence electrons. The van der Waals surface area contributed by atoms with Crippen LogP contribution in [0.2, 0.25) is 0 Å². The van der Waals surface area contributed by atoms with Crippen molar-refractivity contribution in [3.63, 3.8) is 0 Å². The molecule has 1 aliphatic rings. The van der Waals surface area contributed by atoms with E-state index >= 15 is 0 Å². The predicted octanol–water partition coefficient (Wildman–Crippen LogP) is 4.64. The van der Waals surface area contributed by atoms with Crippen molar-refractivity contribution in [2.45, 2.75) is 33.1 Å². The first-order chi connectivity index (χ1) is 12.5. The Morgan fingerprint density at radius 3 is 3.04 bits per heavy atom. The molecule has 0 fully saturated rings. The number of phenols is 1. The molecular formula is C19H19BrN2O3S. The maximum Gasteiger partial charge on any atom is 0.260 e. The van der Waals surface area contributed by atoms with Gasteiger partial charge in [-0.15, -0.1) is 11.3 Å². The predicted molar refractivity (Wildman–Crippen MR) is 107 cm³/mol.